The Balaban J connectivity index is 0.923. The second-order valence-electron chi connectivity index (χ2n) is 17.3. The standard InChI is InChI=1S/C64H42N2/c1-2-16-48(17-3-1)62-61-26-10-11-41-65(61)64-59-40-33-49(42-60(59)57-22-8-9-23-58(57)63(62)64)43-27-34-50(35-28-43)66(51-36-29-46(30-37-51)55-24-12-18-44-14-4-6-20-53(44)55)52-38-31-47(32-39-52)56-25-13-19-45-15-5-7-21-54(45)56/h1-42H. The summed E-state index contributed by atoms with van der Waals surface area (Å²) < 4.78 is 2.39. The lowest BCUT2D eigenvalue weighted by Crippen LogP contribution is -2.09. The minimum Gasteiger partial charge on any atom is -0.315 e. The number of aromatic nitrogens is 1. The first-order valence-electron chi connectivity index (χ1n) is 22.7. The third kappa shape index (κ3) is 6.18. The molecule has 66 heavy (non-hydrogen) atoms. The molecule has 0 saturated carbocycles. The van der Waals surface area contributed by atoms with E-state index in [0.717, 1.165) is 17.1 Å². The van der Waals surface area contributed by atoms with Crippen LogP contribution in [0.1, 0.15) is 0 Å². The summed E-state index contributed by atoms with van der Waals surface area (Å²) in [5.74, 6) is 0. The van der Waals surface area contributed by atoms with Crippen molar-refractivity contribution in [3.63, 3.8) is 0 Å². The highest BCUT2D eigenvalue weighted by atomic mass is 15.1. The van der Waals surface area contributed by atoms with Gasteiger partial charge in [-0.2, -0.15) is 0 Å². The lowest BCUT2D eigenvalue weighted by Gasteiger charge is -2.26. The maximum Gasteiger partial charge on any atom is 0.0620 e. The number of nitrogens with zero attached hydrogens (tertiary/aromatic N) is 2. The van der Waals surface area contributed by atoms with Gasteiger partial charge in [-0.05, 0) is 131 Å². The Labute approximate surface area is 383 Å². The zero-order valence-corrected chi connectivity index (χ0v) is 36.1. The van der Waals surface area contributed by atoms with Crippen molar-refractivity contribution in [3.05, 3.63) is 255 Å². The van der Waals surface area contributed by atoms with Crippen LogP contribution in [0, 0.1) is 0 Å². The zero-order chi connectivity index (χ0) is 43.6. The van der Waals surface area contributed by atoms with Gasteiger partial charge in [-0.15, -0.1) is 0 Å². The highest BCUT2D eigenvalue weighted by molar-refractivity contribution is 6.30. The summed E-state index contributed by atoms with van der Waals surface area (Å²) in [6.45, 7) is 0. The van der Waals surface area contributed by atoms with Crippen molar-refractivity contribution < 1.29 is 0 Å². The van der Waals surface area contributed by atoms with E-state index in [9.17, 15) is 0 Å². The van der Waals surface area contributed by atoms with Gasteiger partial charge in [-0.3, -0.25) is 0 Å². The van der Waals surface area contributed by atoms with Gasteiger partial charge in [0.15, 0.2) is 0 Å². The molecule has 0 spiro atoms. The van der Waals surface area contributed by atoms with Crippen molar-refractivity contribution in [2.24, 2.45) is 0 Å². The van der Waals surface area contributed by atoms with Gasteiger partial charge in [0, 0.05) is 39.6 Å². The smallest absolute Gasteiger partial charge is 0.0620 e. The van der Waals surface area contributed by atoms with E-state index in [1.165, 1.54) is 104 Å². The van der Waals surface area contributed by atoms with Crippen LogP contribution in [0.2, 0.25) is 0 Å². The Morgan fingerprint density at radius 2 is 0.773 bits per heavy atom. The van der Waals surface area contributed by atoms with Crippen LogP contribution in [-0.4, -0.2) is 4.40 Å². The molecule has 0 radical (unpaired) electrons. The van der Waals surface area contributed by atoms with E-state index in [2.05, 4.69) is 264 Å². The fourth-order valence-electron chi connectivity index (χ4n) is 10.5. The third-order valence-electron chi connectivity index (χ3n) is 13.6. The van der Waals surface area contributed by atoms with Gasteiger partial charge in [-0.25, -0.2) is 0 Å². The second-order valence-corrected chi connectivity index (χ2v) is 17.3. The van der Waals surface area contributed by atoms with Crippen molar-refractivity contribution in [2.75, 3.05) is 4.90 Å². The Bertz CT molecular complexity index is 3820. The number of pyridine rings is 1. The molecule has 0 aliphatic heterocycles. The van der Waals surface area contributed by atoms with E-state index in [0.29, 0.717) is 0 Å². The SMILES string of the molecule is c1ccc(-c2c3c4ccccc4c4cc(-c5ccc(N(c6ccc(-c7cccc8ccccc78)cc6)c6ccc(-c7cccc8ccccc78)cc6)cc5)ccc4c3n3ccccc23)cc1. The van der Waals surface area contributed by atoms with Crippen LogP contribution in [-0.2, 0) is 0 Å². The maximum absolute atomic E-state index is 2.40. The number of fused-ring (bicyclic) bond motifs is 10. The van der Waals surface area contributed by atoms with Crippen LogP contribution in [0.5, 0.6) is 0 Å². The average molecular weight is 839 g/mol. The Morgan fingerprint density at radius 3 is 1.38 bits per heavy atom. The molecule has 308 valence electrons. The first-order chi connectivity index (χ1) is 32.7. The molecule has 2 heterocycles. The van der Waals surface area contributed by atoms with Crippen molar-refractivity contribution in [2.45, 2.75) is 0 Å². The lowest BCUT2D eigenvalue weighted by atomic mass is 9.92. The summed E-state index contributed by atoms with van der Waals surface area (Å²) in [7, 11) is 0. The number of anilines is 3. The summed E-state index contributed by atoms with van der Waals surface area (Å²) in [4.78, 5) is 2.37. The molecule has 13 rings (SSSR count). The van der Waals surface area contributed by atoms with Crippen molar-refractivity contribution in [1.82, 2.24) is 4.40 Å². The molecule has 0 aliphatic carbocycles. The van der Waals surface area contributed by atoms with Gasteiger partial charge < -0.3 is 9.30 Å². The van der Waals surface area contributed by atoms with Crippen LogP contribution in [0.15, 0.2) is 255 Å². The van der Waals surface area contributed by atoms with E-state index in [-0.39, 0.29) is 0 Å². The number of hydrogen-bond donors (Lipinski definition) is 0. The first-order valence-corrected chi connectivity index (χ1v) is 22.7. The Morgan fingerprint density at radius 1 is 0.288 bits per heavy atom. The molecule has 0 fully saturated rings. The molecule has 0 bridgehead atoms. The first kappa shape index (κ1) is 37.8. The van der Waals surface area contributed by atoms with E-state index < -0.39 is 0 Å². The fourth-order valence-corrected chi connectivity index (χ4v) is 10.5. The molecule has 0 N–H and O–H groups in total. The second kappa shape index (κ2) is 15.5. The zero-order valence-electron chi connectivity index (χ0n) is 36.1. The minimum absolute atomic E-state index is 1.09. The fraction of sp³-hybridized carbons (Fsp3) is 0. The molecule has 2 heteroatoms. The molecule has 2 nitrogen and oxygen atoms in total. The van der Waals surface area contributed by atoms with E-state index in [4.69, 9.17) is 0 Å². The highest BCUT2D eigenvalue weighted by Crippen LogP contribution is 2.45. The molecule has 0 atom stereocenters. The molecular formula is C64H42N2. The third-order valence-corrected chi connectivity index (χ3v) is 13.6. The minimum atomic E-state index is 1.09. The van der Waals surface area contributed by atoms with Gasteiger partial charge in [-0.1, -0.05) is 194 Å². The molecule has 11 aromatic carbocycles. The maximum atomic E-state index is 2.40. The quantitative estimate of drug-likeness (QED) is 0.145. The molecule has 2 aromatic heterocycles. The summed E-state index contributed by atoms with van der Waals surface area (Å²) in [6, 6.07) is 90.9. The van der Waals surface area contributed by atoms with Gasteiger partial charge >= 0.3 is 0 Å². The van der Waals surface area contributed by atoms with Crippen LogP contribution in [0.3, 0.4) is 0 Å². The topological polar surface area (TPSA) is 7.65 Å². The number of hydrogen-bond acceptors (Lipinski definition) is 1. The molecule has 0 aliphatic rings. The van der Waals surface area contributed by atoms with Crippen LogP contribution >= 0.6 is 0 Å². The van der Waals surface area contributed by atoms with Gasteiger partial charge in [0.2, 0.25) is 0 Å². The average Bonchev–Trinajstić information content (AvgIpc) is 3.75. The molecule has 0 unspecified atom stereocenters. The van der Waals surface area contributed by atoms with Crippen molar-refractivity contribution >= 4 is 76.6 Å². The normalized spacial score (nSPS) is 11.6. The molecule has 0 saturated heterocycles. The Hall–Kier alpha value is -8.72. The Kier molecular flexibility index (Phi) is 8.89. The summed E-state index contributed by atoms with van der Waals surface area (Å²) in [5, 5.41) is 11.3. The van der Waals surface area contributed by atoms with E-state index in [1.54, 1.807) is 0 Å². The summed E-state index contributed by atoms with van der Waals surface area (Å²) in [5.41, 5.74) is 15.5. The van der Waals surface area contributed by atoms with Gasteiger partial charge in [0.1, 0.15) is 0 Å². The molecular weight excluding hydrogens is 797 g/mol. The lowest BCUT2D eigenvalue weighted by molar-refractivity contribution is 1.26. The monoisotopic (exact) mass is 838 g/mol. The number of rotatable bonds is 7. The van der Waals surface area contributed by atoms with E-state index >= 15 is 0 Å². The van der Waals surface area contributed by atoms with Crippen molar-refractivity contribution in [1.29, 1.82) is 0 Å². The van der Waals surface area contributed by atoms with Crippen LogP contribution < -0.4 is 4.90 Å². The molecule has 13 aromatic rings. The largest absolute Gasteiger partial charge is 0.315 e. The highest BCUT2D eigenvalue weighted by Gasteiger charge is 2.21. The predicted molar refractivity (Wildman–Crippen MR) is 281 cm³/mol. The van der Waals surface area contributed by atoms with Crippen molar-refractivity contribution in [3.8, 4) is 44.5 Å². The summed E-state index contributed by atoms with van der Waals surface area (Å²) in [6.07, 6.45) is 2.21. The predicted octanol–water partition coefficient (Wildman–Crippen LogP) is 17.8. The van der Waals surface area contributed by atoms with Crippen LogP contribution in [0.4, 0.5) is 17.1 Å². The van der Waals surface area contributed by atoms with Crippen LogP contribution in [0.25, 0.3) is 104 Å². The molecule has 0 amide bonds. The van der Waals surface area contributed by atoms with Gasteiger partial charge in [0.05, 0.1) is 11.0 Å². The van der Waals surface area contributed by atoms with E-state index in [1.807, 2.05) is 0 Å². The summed E-state index contributed by atoms with van der Waals surface area (Å²) >= 11 is 0. The number of benzene rings is 11. The van der Waals surface area contributed by atoms with Gasteiger partial charge in [0.25, 0.3) is 0 Å².